The molecule has 0 aliphatic carbocycles. The predicted molar refractivity (Wildman–Crippen MR) is 104 cm³/mol. The van der Waals surface area contributed by atoms with Crippen molar-refractivity contribution in [2.75, 3.05) is 6.61 Å². The van der Waals surface area contributed by atoms with Gasteiger partial charge < -0.3 is 9.47 Å². The van der Waals surface area contributed by atoms with Gasteiger partial charge >= 0.3 is 18.8 Å². The Bertz CT molecular complexity index is 936. The molecule has 2 aromatic rings. The molecule has 0 amide bonds. The van der Waals surface area contributed by atoms with Crippen LogP contribution in [0.15, 0.2) is 18.2 Å². The molecule has 172 valence electrons. The van der Waals surface area contributed by atoms with Crippen LogP contribution in [0.2, 0.25) is 0 Å². The lowest BCUT2D eigenvalue weighted by Gasteiger charge is -2.28. The molecule has 10 heteroatoms. The SMILES string of the molecule is CCOC(=O)c1nn(CC)c(-c2ccc(CC(C)(C)C(F)(F)F)cc2OC(F)F)c1C. The second-order valence-electron chi connectivity index (χ2n) is 7.63. The van der Waals surface area contributed by atoms with Crippen molar-refractivity contribution in [3.8, 4) is 17.0 Å². The molecule has 0 unspecified atom stereocenters. The van der Waals surface area contributed by atoms with Gasteiger partial charge in [-0.1, -0.05) is 19.9 Å². The lowest BCUT2D eigenvalue weighted by atomic mass is 9.84. The van der Waals surface area contributed by atoms with Crippen molar-refractivity contribution in [3.05, 3.63) is 35.0 Å². The van der Waals surface area contributed by atoms with E-state index >= 15 is 0 Å². The Morgan fingerprint density at radius 3 is 2.35 bits per heavy atom. The van der Waals surface area contributed by atoms with E-state index in [9.17, 15) is 26.7 Å². The summed E-state index contributed by atoms with van der Waals surface area (Å²) >= 11 is 0. The van der Waals surface area contributed by atoms with Gasteiger partial charge in [-0.3, -0.25) is 4.68 Å². The van der Waals surface area contributed by atoms with E-state index in [1.165, 1.54) is 22.9 Å². The van der Waals surface area contributed by atoms with Gasteiger partial charge in [0.15, 0.2) is 5.69 Å². The Labute approximate surface area is 177 Å². The minimum absolute atomic E-state index is 0.0315. The number of nitrogens with zero attached hydrogens (tertiary/aromatic N) is 2. The maximum atomic E-state index is 13.3. The van der Waals surface area contributed by atoms with Crippen molar-refractivity contribution < 1.29 is 36.2 Å². The van der Waals surface area contributed by atoms with Gasteiger partial charge in [-0.15, -0.1) is 0 Å². The summed E-state index contributed by atoms with van der Waals surface area (Å²) in [5.41, 5.74) is -0.909. The van der Waals surface area contributed by atoms with Crippen molar-refractivity contribution in [1.29, 1.82) is 0 Å². The molecule has 0 fully saturated rings. The molecular weight excluding hydrogens is 423 g/mol. The van der Waals surface area contributed by atoms with Crippen LogP contribution in [0.5, 0.6) is 5.75 Å². The molecule has 0 saturated carbocycles. The largest absolute Gasteiger partial charge is 0.461 e. The van der Waals surface area contributed by atoms with Crippen LogP contribution in [-0.4, -0.2) is 35.1 Å². The molecule has 0 aliphatic rings. The number of alkyl halides is 5. The van der Waals surface area contributed by atoms with Crippen molar-refractivity contribution in [2.45, 2.75) is 60.4 Å². The highest BCUT2D eigenvalue weighted by atomic mass is 19.4. The number of esters is 1. The zero-order valence-electron chi connectivity index (χ0n) is 17.9. The molecule has 0 saturated heterocycles. The van der Waals surface area contributed by atoms with Gasteiger partial charge in [-0.05, 0) is 44.9 Å². The summed E-state index contributed by atoms with van der Waals surface area (Å²) in [6.45, 7) is 4.31. The first-order chi connectivity index (χ1) is 14.3. The van der Waals surface area contributed by atoms with Crippen LogP contribution in [0.4, 0.5) is 22.0 Å². The molecule has 2 rings (SSSR count). The quantitative estimate of drug-likeness (QED) is 0.379. The number of rotatable bonds is 8. The number of carbonyl (C=O) groups is 1. The molecule has 1 heterocycles. The first-order valence-corrected chi connectivity index (χ1v) is 9.71. The fraction of sp³-hybridized carbons (Fsp3) is 0.524. The van der Waals surface area contributed by atoms with Gasteiger partial charge in [0.05, 0.1) is 17.7 Å². The van der Waals surface area contributed by atoms with Gasteiger partial charge in [0, 0.05) is 17.7 Å². The molecule has 1 aromatic heterocycles. The summed E-state index contributed by atoms with van der Waals surface area (Å²) in [4.78, 5) is 12.2. The van der Waals surface area contributed by atoms with Crippen LogP contribution < -0.4 is 4.74 Å². The molecule has 0 aliphatic heterocycles. The van der Waals surface area contributed by atoms with E-state index in [0.717, 1.165) is 13.8 Å². The molecule has 0 spiro atoms. The Morgan fingerprint density at radius 1 is 1.19 bits per heavy atom. The van der Waals surface area contributed by atoms with Crippen LogP contribution in [-0.2, 0) is 17.7 Å². The van der Waals surface area contributed by atoms with Gasteiger partial charge in [0.25, 0.3) is 0 Å². The highest BCUT2D eigenvalue weighted by Gasteiger charge is 2.47. The van der Waals surface area contributed by atoms with Gasteiger partial charge in [0.1, 0.15) is 5.75 Å². The average Bonchev–Trinajstić information content (AvgIpc) is 2.97. The number of aromatic nitrogens is 2. The Balaban J connectivity index is 2.60. The van der Waals surface area contributed by atoms with E-state index in [1.807, 2.05) is 0 Å². The first kappa shape index (κ1) is 24.6. The van der Waals surface area contributed by atoms with Crippen LogP contribution >= 0.6 is 0 Å². The minimum Gasteiger partial charge on any atom is -0.461 e. The van der Waals surface area contributed by atoms with E-state index in [-0.39, 0.29) is 29.2 Å². The highest BCUT2D eigenvalue weighted by molar-refractivity contribution is 5.91. The maximum Gasteiger partial charge on any atom is 0.394 e. The summed E-state index contributed by atoms with van der Waals surface area (Å²) in [5, 5.41) is 4.21. The van der Waals surface area contributed by atoms with Gasteiger partial charge in [-0.25, -0.2) is 4.79 Å². The second-order valence-corrected chi connectivity index (χ2v) is 7.63. The summed E-state index contributed by atoms with van der Waals surface area (Å²) in [5.74, 6) is -0.952. The summed E-state index contributed by atoms with van der Waals surface area (Å²) < 4.78 is 77.0. The Hall–Kier alpha value is -2.65. The lowest BCUT2D eigenvalue weighted by molar-refractivity contribution is -0.211. The first-order valence-electron chi connectivity index (χ1n) is 9.71. The summed E-state index contributed by atoms with van der Waals surface area (Å²) in [6.07, 6.45) is -4.89. The van der Waals surface area contributed by atoms with Crippen molar-refractivity contribution in [1.82, 2.24) is 9.78 Å². The minimum atomic E-state index is -4.47. The number of hydrogen-bond acceptors (Lipinski definition) is 4. The second kappa shape index (κ2) is 9.23. The summed E-state index contributed by atoms with van der Waals surface area (Å²) in [7, 11) is 0. The molecule has 5 nitrogen and oxygen atoms in total. The smallest absolute Gasteiger partial charge is 0.394 e. The number of benzene rings is 1. The number of halogens is 5. The van der Waals surface area contributed by atoms with E-state index in [1.54, 1.807) is 20.8 Å². The Morgan fingerprint density at radius 2 is 1.84 bits per heavy atom. The van der Waals surface area contributed by atoms with Gasteiger partial charge in [-0.2, -0.15) is 27.1 Å². The van der Waals surface area contributed by atoms with Crippen molar-refractivity contribution in [3.63, 3.8) is 0 Å². The molecule has 0 bridgehead atoms. The molecule has 31 heavy (non-hydrogen) atoms. The standard InChI is InChI=1S/C21H25F5N2O3/c1-6-28-17(12(3)16(27-28)18(29)30-7-2)14-9-8-13(10-15(14)31-19(22)23)11-20(4,5)21(24,25)26/h8-10,19H,6-7,11H2,1-5H3. The molecule has 0 radical (unpaired) electrons. The summed E-state index contributed by atoms with van der Waals surface area (Å²) in [6, 6.07) is 4.01. The number of ether oxygens (including phenoxy) is 2. The average molecular weight is 448 g/mol. The van der Waals surface area contributed by atoms with E-state index in [0.29, 0.717) is 17.8 Å². The monoisotopic (exact) mass is 448 g/mol. The molecule has 1 aromatic carbocycles. The third kappa shape index (κ3) is 5.34. The third-order valence-electron chi connectivity index (χ3n) is 4.89. The van der Waals surface area contributed by atoms with Crippen molar-refractivity contribution in [2.24, 2.45) is 5.41 Å². The van der Waals surface area contributed by atoms with Gasteiger partial charge in [0.2, 0.25) is 0 Å². The van der Waals surface area contributed by atoms with E-state index in [4.69, 9.17) is 4.74 Å². The topological polar surface area (TPSA) is 53.3 Å². The number of hydrogen-bond donors (Lipinski definition) is 0. The van der Waals surface area contributed by atoms with Crippen LogP contribution in [0.1, 0.15) is 49.3 Å². The number of aryl methyl sites for hydroxylation is 1. The molecular formula is C21H25F5N2O3. The maximum absolute atomic E-state index is 13.3. The van der Waals surface area contributed by atoms with Crippen LogP contribution in [0.3, 0.4) is 0 Å². The predicted octanol–water partition coefficient (Wildman–Crippen LogP) is 5.79. The fourth-order valence-electron chi connectivity index (χ4n) is 3.19. The van der Waals surface area contributed by atoms with Crippen molar-refractivity contribution >= 4 is 5.97 Å². The lowest BCUT2D eigenvalue weighted by Crippen LogP contribution is -2.34. The fourth-order valence-corrected chi connectivity index (χ4v) is 3.19. The van der Waals surface area contributed by atoms with Crippen LogP contribution in [0, 0.1) is 12.3 Å². The normalized spacial score (nSPS) is 12.4. The molecule has 0 atom stereocenters. The van der Waals surface area contributed by atoms with Crippen LogP contribution in [0.25, 0.3) is 11.3 Å². The number of carbonyl (C=O) groups excluding carboxylic acids is 1. The van der Waals surface area contributed by atoms with E-state index in [2.05, 4.69) is 9.84 Å². The zero-order valence-corrected chi connectivity index (χ0v) is 17.9. The highest BCUT2D eigenvalue weighted by Crippen LogP contribution is 2.42. The zero-order chi connectivity index (χ0) is 23.6. The molecule has 0 N–H and O–H groups in total. The van der Waals surface area contributed by atoms with E-state index < -0.39 is 30.6 Å². The third-order valence-corrected chi connectivity index (χ3v) is 4.89. The Kier molecular flexibility index (Phi) is 7.33.